The highest BCUT2D eigenvalue weighted by Gasteiger charge is 2.50. The summed E-state index contributed by atoms with van der Waals surface area (Å²) in [5.74, 6) is 5.14. The van der Waals surface area contributed by atoms with Gasteiger partial charge in [0.25, 0.3) is 0 Å². The van der Waals surface area contributed by atoms with Gasteiger partial charge >= 0.3 is 0 Å². The Labute approximate surface area is 186 Å². The first kappa shape index (κ1) is 22.6. The molecule has 0 bridgehead atoms. The molecule has 6 atom stereocenters. The van der Waals surface area contributed by atoms with Gasteiger partial charge in [-0.05, 0) is 105 Å². The summed E-state index contributed by atoms with van der Waals surface area (Å²) in [6.07, 6.45) is 22.2. The molecule has 4 fully saturated rings. The van der Waals surface area contributed by atoms with Gasteiger partial charge in [0.05, 0.1) is 6.10 Å². The summed E-state index contributed by atoms with van der Waals surface area (Å²) in [5.41, 5.74) is 3.81. The van der Waals surface area contributed by atoms with E-state index in [-0.39, 0.29) is 6.10 Å². The monoisotopic (exact) mass is 412 g/mol. The second-order valence-corrected chi connectivity index (χ2v) is 12.4. The molecule has 0 heterocycles. The van der Waals surface area contributed by atoms with Crippen LogP contribution in [0.1, 0.15) is 111 Å². The van der Waals surface area contributed by atoms with Gasteiger partial charge in [-0.15, -0.1) is 0 Å². The summed E-state index contributed by atoms with van der Waals surface area (Å²) in [6, 6.07) is 0. The molecule has 170 valence electrons. The lowest BCUT2D eigenvalue weighted by molar-refractivity contribution is 0.0928. The first-order valence-corrected chi connectivity index (χ1v) is 13.4. The first-order valence-electron chi connectivity index (χ1n) is 13.4. The third-order valence-corrected chi connectivity index (χ3v) is 9.58. The maximum Gasteiger partial charge on any atom is 0.0580 e. The Kier molecular flexibility index (Phi) is 7.18. The Morgan fingerprint density at radius 2 is 1.80 bits per heavy atom. The van der Waals surface area contributed by atoms with E-state index in [0.29, 0.717) is 5.41 Å². The Hall–Kier alpha value is -0.560. The smallest absolute Gasteiger partial charge is 0.0580 e. The summed E-state index contributed by atoms with van der Waals surface area (Å²) >= 11 is 0. The predicted octanol–water partition coefficient (Wildman–Crippen LogP) is 8.09. The van der Waals surface area contributed by atoms with Crippen LogP contribution in [0.4, 0.5) is 0 Å². The standard InChI is InChI=1S/C29H48O/c1-20(2)7-5-8-21(3)27-14-15-28-24(9-6-16-29(27,28)4)11-10-22-17-25(23-12-13-23)19-26(30)18-22/h10-11,20-21,23,25-28,30H,5-9,12-19H2,1-4H3/b22-10+,24-11+/t21-,25?,26-,27-,28+,29-/m1/s1. The maximum atomic E-state index is 10.4. The summed E-state index contributed by atoms with van der Waals surface area (Å²) in [5, 5.41) is 10.4. The fourth-order valence-corrected chi connectivity index (χ4v) is 7.79. The van der Waals surface area contributed by atoms with Crippen molar-refractivity contribution in [3.63, 3.8) is 0 Å². The summed E-state index contributed by atoms with van der Waals surface area (Å²) in [7, 11) is 0. The van der Waals surface area contributed by atoms with E-state index in [1.54, 1.807) is 5.57 Å². The molecule has 1 N–H and O–H groups in total. The van der Waals surface area contributed by atoms with E-state index >= 15 is 0 Å². The van der Waals surface area contributed by atoms with Gasteiger partial charge in [-0.3, -0.25) is 0 Å². The molecule has 4 aliphatic rings. The van der Waals surface area contributed by atoms with Crippen LogP contribution in [0.15, 0.2) is 23.3 Å². The van der Waals surface area contributed by atoms with Crippen LogP contribution in [0, 0.1) is 40.9 Å². The van der Waals surface area contributed by atoms with Crippen LogP contribution in [0.25, 0.3) is 0 Å². The highest BCUT2D eigenvalue weighted by Crippen LogP contribution is 2.60. The zero-order chi connectivity index (χ0) is 21.3. The van der Waals surface area contributed by atoms with Crippen molar-refractivity contribution < 1.29 is 5.11 Å². The number of allylic oxidation sites excluding steroid dienone is 3. The highest BCUT2D eigenvalue weighted by molar-refractivity contribution is 5.26. The molecule has 0 amide bonds. The van der Waals surface area contributed by atoms with Gasteiger partial charge in [0.15, 0.2) is 0 Å². The van der Waals surface area contributed by atoms with Crippen molar-refractivity contribution in [2.24, 2.45) is 40.9 Å². The first-order chi connectivity index (χ1) is 14.4. The molecule has 0 radical (unpaired) electrons. The van der Waals surface area contributed by atoms with Crippen molar-refractivity contribution in [3.05, 3.63) is 23.3 Å². The van der Waals surface area contributed by atoms with E-state index in [1.165, 1.54) is 76.2 Å². The third kappa shape index (κ3) is 5.08. The molecule has 4 saturated carbocycles. The van der Waals surface area contributed by atoms with Gasteiger partial charge in [0.1, 0.15) is 0 Å². The molecule has 30 heavy (non-hydrogen) atoms. The van der Waals surface area contributed by atoms with Crippen LogP contribution in [0.5, 0.6) is 0 Å². The molecule has 0 aromatic rings. The lowest BCUT2D eigenvalue weighted by Crippen LogP contribution is -2.36. The van der Waals surface area contributed by atoms with E-state index in [2.05, 4.69) is 39.8 Å². The summed E-state index contributed by atoms with van der Waals surface area (Å²) in [6.45, 7) is 9.92. The zero-order valence-corrected chi connectivity index (χ0v) is 20.3. The number of hydrogen-bond acceptors (Lipinski definition) is 1. The Balaban J connectivity index is 1.42. The average Bonchev–Trinajstić information content (AvgIpc) is 3.47. The molecule has 0 aromatic heterocycles. The van der Waals surface area contributed by atoms with Crippen molar-refractivity contribution in [2.75, 3.05) is 0 Å². The van der Waals surface area contributed by atoms with E-state index in [1.807, 2.05) is 0 Å². The molecular formula is C29H48O. The predicted molar refractivity (Wildman–Crippen MR) is 128 cm³/mol. The third-order valence-electron chi connectivity index (χ3n) is 9.58. The van der Waals surface area contributed by atoms with Crippen LogP contribution in [-0.4, -0.2) is 11.2 Å². The molecule has 0 aromatic carbocycles. The van der Waals surface area contributed by atoms with Crippen molar-refractivity contribution in [1.29, 1.82) is 0 Å². The number of fused-ring (bicyclic) bond motifs is 1. The Morgan fingerprint density at radius 3 is 2.53 bits per heavy atom. The van der Waals surface area contributed by atoms with E-state index < -0.39 is 0 Å². The minimum absolute atomic E-state index is 0.0897. The van der Waals surface area contributed by atoms with Crippen LogP contribution >= 0.6 is 0 Å². The molecule has 0 saturated heterocycles. The quantitative estimate of drug-likeness (QED) is 0.448. The molecule has 1 nitrogen and oxygen atoms in total. The molecular weight excluding hydrogens is 364 g/mol. The Morgan fingerprint density at radius 1 is 1.00 bits per heavy atom. The fraction of sp³-hybridized carbons (Fsp3) is 0.862. The molecule has 4 aliphatic carbocycles. The van der Waals surface area contributed by atoms with Gasteiger partial charge in [-0.25, -0.2) is 0 Å². The van der Waals surface area contributed by atoms with Crippen molar-refractivity contribution in [3.8, 4) is 0 Å². The highest BCUT2D eigenvalue weighted by atomic mass is 16.3. The van der Waals surface area contributed by atoms with Gasteiger partial charge in [-0.2, -0.15) is 0 Å². The normalized spacial score (nSPS) is 40.9. The number of aliphatic hydroxyl groups is 1. The van der Waals surface area contributed by atoms with E-state index in [0.717, 1.165) is 48.3 Å². The molecule has 0 aliphatic heterocycles. The van der Waals surface area contributed by atoms with Crippen LogP contribution in [0.2, 0.25) is 0 Å². The summed E-state index contributed by atoms with van der Waals surface area (Å²) in [4.78, 5) is 0. The minimum atomic E-state index is -0.0897. The van der Waals surface area contributed by atoms with Crippen LogP contribution in [-0.2, 0) is 0 Å². The van der Waals surface area contributed by atoms with Crippen LogP contribution in [0.3, 0.4) is 0 Å². The van der Waals surface area contributed by atoms with E-state index in [4.69, 9.17) is 0 Å². The average molecular weight is 413 g/mol. The van der Waals surface area contributed by atoms with Crippen molar-refractivity contribution in [2.45, 2.75) is 117 Å². The number of aliphatic hydroxyl groups excluding tert-OH is 1. The Bertz CT molecular complexity index is 639. The minimum Gasteiger partial charge on any atom is -0.393 e. The van der Waals surface area contributed by atoms with Gasteiger partial charge in [0.2, 0.25) is 0 Å². The van der Waals surface area contributed by atoms with Crippen molar-refractivity contribution in [1.82, 2.24) is 0 Å². The largest absolute Gasteiger partial charge is 0.393 e. The number of hydrogen-bond donors (Lipinski definition) is 1. The zero-order valence-electron chi connectivity index (χ0n) is 20.3. The molecule has 1 heteroatoms. The van der Waals surface area contributed by atoms with Gasteiger partial charge < -0.3 is 5.11 Å². The van der Waals surface area contributed by atoms with E-state index in [9.17, 15) is 5.11 Å². The summed E-state index contributed by atoms with van der Waals surface area (Å²) < 4.78 is 0. The SMILES string of the molecule is CC(C)CCC[C@@H](C)[C@H]1CC[C@H]2/C(=C/C=C3\CC(C4CC4)C[C@H](O)C3)CCC[C@]12C. The lowest BCUT2D eigenvalue weighted by atomic mass is 9.60. The molecule has 1 unspecified atom stereocenters. The molecule has 0 spiro atoms. The lowest BCUT2D eigenvalue weighted by Gasteiger charge is -2.44. The van der Waals surface area contributed by atoms with Gasteiger partial charge in [0, 0.05) is 0 Å². The molecule has 4 rings (SSSR count). The topological polar surface area (TPSA) is 20.2 Å². The second kappa shape index (κ2) is 9.51. The second-order valence-electron chi connectivity index (χ2n) is 12.4. The van der Waals surface area contributed by atoms with Gasteiger partial charge in [-0.1, -0.05) is 70.3 Å². The van der Waals surface area contributed by atoms with Crippen molar-refractivity contribution >= 4 is 0 Å². The van der Waals surface area contributed by atoms with Crippen LogP contribution < -0.4 is 0 Å². The number of rotatable bonds is 7. The fourth-order valence-electron chi connectivity index (χ4n) is 7.79. The maximum absolute atomic E-state index is 10.4.